The number of unbranched alkanes of at least 4 members (excludes halogenated alkanes) is 1. The minimum absolute atomic E-state index is 0.0878. The van der Waals surface area contributed by atoms with Crippen molar-refractivity contribution in [1.82, 2.24) is 20.8 Å². The number of carbonyl (C=O) groups excluding carboxylic acids is 2. The summed E-state index contributed by atoms with van der Waals surface area (Å²) in [4.78, 5) is 23.3. The summed E-state index contributed by atoms with van der Waals surface area (Å²) in [5, 5.41) is 16.7. The molecule has 26 heavy (non-hydrogen) atoms. The van der Waals surface area contributed by atoms with Crippen molar-refractivity contribution in [2.45, 2.75) is 24.1 Å². The van der Waals surface area contributed by atoms with Crippen molar-refractivity contribution in [3.8, 4) is 5.75 Å². The summed E-state index contributed by atoms with van der Waals surface area (Å²) >= 11 is 2.54. The van der Waals surface area contributed by atoms with Gasteiger partial charge in [-0.1, -0.05) is 48.6 Å². The normalized spacial score (nSPS) is 10.2. The smallest absolute Gasteiger partial charge is 0.321 e. The molecule has 0 saturated heterocycles. The first kappa shape index (κ1) is 20.0. The number of carbonyl (C=O) groups is 2. The van der Waals surface area contributed by atoms with E-state index in [0.717, 1.165) is 18.5 Å². The molecule has 2 aromatic rings. The van der Waals surface area contributed by atoms with Crippen LogP contribution in [0.1, 0.15) is 19.8 Å². The molecule has 1 aromatic carbocycles. The average molecular weight is 396 g/mol. The van der Waals surface area contributed by atoms with Gasteiger partial charge in [-0.2, -0.15) is 0 Å². The molecule has 0 aliphatic carbocycles. The first-order chi connectivity index (χ1) is 12.6. The van der Waals surface area contributed by atoms with Gasteiger partial charge >= 0.3 is 6.03 Å². The Morgan fingerprint density at radius 3 is 2.85 bits per heavy atom. The number of rotatable bonds is 9. The number of methoxy groups -OCH3 is 1. The molecule has 0 saturated carbocycles. The Morgan fingerprint density at radius 1 is 1.27 bits per heavy atom. The molecule has 140 valence electrons. The molecule has 8 nitrogen and oxygen atoms in total. The predicted octanol–water partition coefficient (Wildman–Crippen LogP) is 3.01. The van der Waals surface area contributed by atoms with Crippen LogP contribution in [0, 0.1) is 0 Å². The van der Waals surface area contributed by atoms with Gasteiger partial charge in [-0.05, 0) is 18.6 Å². The summed E-state index contributed by atoms with van der Waals surface area (Å²) in [5.41, 5.74) is 0.782. The van der Waals surface area contributed by atoms with E-state index in [9.17, 15) is 9.59 Å². The number of anilines is 2. The zero-order chi connectivity index (χ0) is 18.8. The van der Waals surface area contributed by atoms with Gasteiger partial charge in [-0.15, -0.1) is 10.2 Å². The second kappa shape index (κ2) is 10.6. The maximum Gasteiger partial charge on any atom is 0.321 e. The number of hydrogen-bond acceptors (Lipinski definition) is 8. The summed E-state index contributed by atoms with van der Waals surface area (Å²) < 4.78 is 5.90. The molecule has 0 fully saturated rings. The molecule has 2 rings (SSSR count). The van der Waals surface area contributed by atoms with Crippen molar-refractivity contribution in [3.05, 3.63) is 24.3 Å². The highest BCUT2D eigenvalue weighted by Crippen LogP contribution is 2.31. The maximum absolute atomic E-state index is 11.8. The number of nitrogens with one attached hydrogen (secondary N) is 3. The molecule has 3 amide bonds. The molecule has 0 spiro atoms. The van der Waals surface area contributed by atoms with Gasteiger partial charge in [-0.3, -0.25) is 10.1 Å². The number of ether oxygens (including phenoxy) is 1. The molecule has 3 N–H and O–H groups in total. The lowest BCUT2D eigenvalue weighted by atomic mass is 10.3. The van der Waals surface area contributed by atoms with Gasteiger partial charge in [0.15, 0.2) is 4.34 Å². The van der Waals surface area contributed by atoms with Crippen molar-refractivity contribution in [3.63, 3.8) is 0 Å². The minimum Gasteiger partial charge on any atom is -0.495 e. The van der Waals surface area contributed by atoms with Gasteiger partial charge < -0.3 is 15.4 Å². The van der Waals surface area contributed by atoms with Crippen LogP contribution < -0.4 is 20.7 Å². The Labute approximate surface area is 160 Å². The number of thioether (sulfide) groups is 1. The summed E-state index contributed by atoms with van der Waals surface area (Å²) in [6, 6.07) is 7.01. The number of nitrogens with zero attached hydrogens (tertiary/aromatic N) is 2. The number of urea groups is 1. The fourth-order valence-corrected chi connectivity index (χ4v) is 3.46. The monoisotopic (exact) mass is 395 g/mol. The van der Waals surface area contributed by atoms with Gasteiger partial charge in [0.1, 0.15) is 5.75 Å². The van der Waals surface area contributed by atoms with E-state index in [1.54, 1.807) is 7.11 Å². The second-order valence-corrected chi connectivity index (χ2v) is 7.34. The molecule has 0 bridgehead atoms. The number of benzene rings is 1. The standard InChI is InChI=1S/C16H21N5O3S2/c1-3-4-9-17-14(23)19-13(22)10-25-16-21-20-15(26-16)18-11-7-5-6-8-12(11)24-2/h5-8H,3-4,9-10H2,1-2H3,(H,18,20)(H2,17,19,22,23). The van der Waals surface area contributed by atoms with Gasteiger partial charge in [0.2, 0.25) is 11.0 Å². The topological polar surface area (TPSA) is 105 Å². The van der Waals surface area contributed by atoms with E-state index in [-0.39, 0.29) is 11.7 Å². The Morgan fingerprint density at radius 2 is 2.08 bits per heavy atom. The molecule has 1 aromatic heterocycles. The molecule has 0 aliphatic rings. The highest BCUT2D eigenvalue weighted by atomic mass is 32.2. The van der Waals surface area contributed by atoms with Crippen LogP contribution >= 0.6 is 23.1 Å². The quantitative estimate of drug-likeness (QED) is 0.443. The van der Waals surface area contributed by atoms with Crippen LogP contribution in [0.4, 0.5) is 15.6 Å². The third-order valence-electron chi connectivity index (χ3n) is 3.15. The van der Waals surface area contributed by atoms with Gasteiger partial charge in [0.05, 0.1) is 18.6 Å². The van der Waals surface area contributed by atoms with Crippen LogP contribution in [0.3, 0.4) is 0 Å². The zero-order valence-corrected chi connectivity index (χ0v) is 16.2. The van der Waals surface area contributed by atoms with Crippen LogP contribution in [-0.2, 0) is 4.79 Å². The van der Waals surface area contributed by atoms with E-state index in [0.29, 0.717) is 21.8 Å². The van der Waals surface area contributed by atoms with Gasteiger partial charge in [-0.25, -0.2) is 4.79 Å². The van der Waals surface area contributed by atoms with E-state index in [2.05, 4.69) is 26.1 Å². The number of imide groups is 1. The zero-order valence-electron chi connectivity index (χ0n) is 14.6. The third kappa shape index (κ3) is 6.52. The van der Waals surface area contributed by atoms with Gasteiger partial charge in [0, 0.05) is 6.54 Å². The maximum atomic E-state index is 11.8. The highest BCUT2D eigenvalue weighted by Gasteiger charge is 2.11. The lowest BCUT2D eigenvalue weighted by molar-refractivity contribution is -0.117. The van der Waals surface area contributed by atoms with Crippen molar-refractivity contribution >= 4 is 45.9 Å². The molecule has 0 unspecified atom stereocenters. The van der Waals surface area contributed by atoms with Crippen LogP contribution in [0.15, 0.2) is 28.6 Å². The van der Waals surface area contributed by atoms with Crippen molar-refractivity contribution in [2.24, 2.45) is 0 Å². The molecule has 1 heterocycles. The fourth-order valence-electron chi connectivity index (χ4n) is 1.89. The molecular weight excluding hydrogens is 374 g/mol. The largest absolute Gasteiger partial charge is 0.495 e. The lowest BCUT2D eigenvalue weighted by Crippen LogP contribution is -2.40. The van der Waals surface area contributed by atoms with Crippen LogP contribution in [0.25, 0.3) is 0 Å². The Hall–Kier alpha value is -2.33. The SMILES string of the molecule is CCCCNC(=O)NC(=O)CSc1nnc(Nc2ccccc2OC)s1. The number of aromatic nitrogens is 2. The van der Waals surface area contributed by atoms with Crippen molar-refractivity contribution < 1.29 is 14.3 Å². The second-order valence-electron chi connectivity index (χ2n) is 5.14. The molecule has 0 radical (unpaired) electrons. The molecule has 10 heteroatoms. The first-order valence-corrected chi connectivity index (χ1v) is 9.86. The van der Waals surface area contributed by atoms with Crippen LogP contribution in [0.2, 0.25) is 0 Å². The third-order valence-corrected chi connectivity index (χ3v) is 5.12. The summed E-state index contributed by atoms with van der Waals surface area (Å²) in [5.74, 6) is 0.411. The summed E-state index contributed by atoms with van der Waals surface area (Å²) in [7, 11) is 1.60. The number of para-hydroxylation sites is 2. The average Bonchev–Trinajstić information content (AvgIpc) is 3.08. The van der Waals surface area contributed by atoms with Crippen LogP contribution in [0.5, 0.6) is 5.75 Å². The Kier molecular flexibility index (Phi) is 8.16. The van der Waals surface area contributed by atoms with Crippen molar-refractivity contribution in [2.75, 3.05) is 24.7 Å². The fraction of sp³-hybridized carbons (Fsp3) is 0.375. The lowest BCUT2D eigenvalue weighted by Gasteiger charge is -2.07. The van der Waals surface area contributed by atoms with E-state index in [1.165, 1.54) is 23.1 Å². The summed E-state index contributed by atoms with van der Waals surface area (Å²) in [6.45, 7) is 2.58. The van der Waals surface area contributed by atoms with E-state index < -0.39 is 6.03 Å². The molecule has 0 atom stereocenters. The highest BCUT2D eigenvalue weighted by molar-refractivity contribution is 8.01. The van der Waals surface area contributed by atoms with Crippen molar-refractivity contribution in [1.29, 1.82) is 0 Å². The number of hydrogen-bond donors (Lipinski definition) is 3. The van der Waals surface area contributed by atoms with Gasteiger partial charge in [0.25, 0.3) is 0 Å². The van der Waals surface area contributed by atoms with E-state index in [4.69, 9.17) is 4.74 Å². The molecular formula is C16H21N5O3S2. The molecule has 0 aliphatic heterocycles. The minimum atomic E-state index is -0.472. The van der Waals surface area contributed by atoms with E-state index >= 15 is 0 Å². The number of amides is 3. The Bertz CT molecular complexity index is 738. The summed E-state index contributed by atoms with van der Waals surface area (Å²) in [6.07, 6.45) is 1.86. The Balaban J connectivity index is 1.79. The van der Waals surface area contributed by atoms with Crippen LogP contribution in [-0.4, -0.2) is 41.5 Å². The first-order valence-electron chi connectivity index (χ1n) is 8.06. The predicted molar refractivity (Wildman–Crippen MR) is 103 cm³/mol. The van der Waals surface area contributed by atoms with E-state index in [1.807, 2.05) is 31.2 Å².